The van der Waals surface area contributed by atoms with E-state index in [4.69, 9.17) is 5.11 Å². The molecule has 8 nitrogen and oxygen atoms in total. The van der Waals surface area contributed by atoms with E-state index in [0.717, 1.165) is 0 Å². The Morgan fingerprint density at radius 1 is 1.50 bits per heavy atom. The molecule has 0 spiro atoms. The van der Waals surface area contributed by atoms with Crippen molar-refractivity contribution < 1.29 is 14.8 Å². The van der Waals surface area contributed by atoms with E-state index in [-0.39, 0.29) is 23.4 Å². The van der Waals surface area contributed by atoms with Crippen molar-refractivity contribution in [3.63, 3.8) is 0 Å². The van der Waals surface area contributed by atoms with Gasteiger partial charge in [0.1, 0.15) is 0 Å². The monoisotopic (exact) mass is 306 g/mol. The lowest BCUT2D eigenvalue weighted by Gasteiger charge is -2.23. The second-order valence-corrected chi connectivity index (χ2v) is 5.88. The molecule has 0 unspecified atom stereocenters. The van der Waals surface area contributed by atoms with Crippen LogP contribution in [0.25, 0.3) is 10.9 Å². The van der Waals surface area contributed by atoms with Gasteiger partial charge in [-0.1, -0.05) is 13.8 Å². The fraction of sp³-hybridized carbons (Fsp3) is 0.429. The first kappa shape index (κ1) is 15.9. The van der Waals surface area contributed by atoms with Gasteiger partial charge in [-0.25, -0.2) is 0 Å². The van der Waals surface area contributed by atoms with Crippen molar-refractivity contribution in [2.75, 3.05) is 13.2 Å². The Kier molecular flexibility index (Phi) is 4.41. The third-order valence-corrected chi connectivity index (χ3v) is 3.49. The van der Waals surface area contributed by atoms with Crippen LogP contribution in [-0.4, -0.2) is 39.3 Å². The molecule has 0 aliphatic carbocycles. The smallest absolute Gasteiger partial charge is 0.272 e. The number of nitrogens with zero attached hydrogens (tertiary/aromatic N) is 2. The molecular formula is C14H18N4O4. The first-order valence-electron chi connectivity index (χ1n) is 6.86. The number of carbonyl (C=O) groups excluding carboxylic acids is 1. The zero-order chi connectivity index (χ0) is 16.3. The van der Waals surface area contributed by atoms with Crippen LogP contribution in [0, 0.1) is 15.5 Å². The summed E-state index contributed by atoms with van der Waals surface area (Å²) in [7, 11) is 0. The molecule has 118 valence electrons. The van der Waals surface area contributed by atoms with Crippen LogP contribution < -0.4 is 5.32 Å². The number of aliphatic hydroxyl groups excluding tert-OH is 1. The van der Waals surface area contributed by atoms with E-state index in [1.54, 1.807) is 0 Å². The second-order valence-electron chi connectivity index (χ2n) is 5.88. The Morgan fingerprint density at radius 2 is 2.23 bits per heavy atom. The van der Waals surface area contributed by atoms with E-state index in [9.17, 15) is 14.9 Å². The molecule has 0 saturated heterocycles. The maximum Gasteiger partial charge on any atom is 0.272 e. The Balaban J connectivity index is 2.21. The topological polar surface area (TPSA) is 121 Å². The molecule has 2 rings (SSSR count). The number of nitro benzene ring substituents is 1. The van der Waals surface area contributed by atoms with Crippen LogP contribution in [0.3, 0.4) is 0 Å². The molecule has 0 aliphatic rings. The standard InChI is InChI=1S/C14H18N4O4/c1-14(2,5-6-19)8-15-13(20)12-10-7-9(18(21)22)3-4-11(10)16-17-12/h3-4,7,19H,5-6,8H2,1-2H3,(H,15,20)(H,16,17). The average Bonchev–Trinajstić information content (AvgIpc) is 2.87. The van der Waals surface area contributed by atoms with E-state index in [2.05, 4.69) is 15.5 Å². The van der Waals surface area contributed by atoms with E-state index >= 15 is 0 Å². The molecule has 22 heavy (non-hydrogen) atoms. The number of hydrogen-bond donors (Lipinski definition) is 3. The molecule has 3 N–H and O–H groups in total. The van der Waals surface area contributed by atoms with Crippen LogP contribution in [0.5, 0.6) is 0 Å². The predicted molar refractivity (Wildman–Crippen MR) is 80.6 cm³/mol. The van der Waals surface area contributed by atoms with Gasteiger partial charge < -0.3 is 10.4 Å². The van der Waals surface area contributed by atoms with Gasteiger partial charge in [-0.3, -0.25) is 20.0 Å². The van der Waals surface area contributed by atoms with Crippen molar-refractivity contribution in [3.8, 4) is 0 Å². The van der Waals surface area contributed by atoms with E-state index in [1.807, 2.05) is 13.8 Å². The third kappa shape index (κ3) is 3.40. The van der Waals surface area contributed by atoms with Gasteiger partial charge in [-0.2, -0.15) is 5.10 Å². The summed E-state index contributed by atoms with van der Waals surface area (Å²) in [6.45, 7) is 4.27. The summed E-state index contributed by atoms with van der Waals surface area (Å²) in [4.78, 5) is 22.5. The van der Waals surface area contributed by atoms with Gasteiger partial charge in [0, 0.05) is 30.7 Å². The molecule has 1 heterocycles. The lowest BCUT2D eigenvalue weighted by Crippen LogP contribution is -2.34. The van der Waals surface area contributed by atoms with E-state index in [0.29, 0.717) is 23.9 Å². The highest BCUT2D eigenvalue weighted by molar-refractivity contribution is 6.05. The van der Waals surface area contributed by atoms with Crippen LogP contribution >= 0.6 is 0 Å². The van der Waals surface area contributed by atoms with Gasteiger partial charge in [-0.05, 0) is 17.9 Å². The summed E-state index contributed by atoms with van der Waals surface area (Å²) in [6.07, 6.45) is 0.556. The minimum Gasteiger partial charge on any atom is -0.396 e. The molecule has 0 fully saturated rings. The highest BCUT2D eigenvalue weighted by Gasteiger charge is 2.21. The number of aliphatic hydroxyl groups is 1. The summed E-state index contributed by atoms with van der Waals surface area (Å²) in [6, 6.07) is 4.20. The van der Waals surface area contributed by atoms with Gasteiger partial charge in [0.2, 0.25) is 0 Å². The SMILES string of the molecule is CC(C)(CCO)CNC(=O)c1n[nH]c2ccc([N+](=O)[O-])cc12. The normalized spacial score (nSPS) is 11.6. The highest BCUT2D eigenvalue weighted by Crippen LogP contribution is 2.23. The maximum atomic E-state index is 12.2. The van der Waals surface area contributed by atoms with Gasteiger partial charge >= 0.3 is 0 Å². The molecule has 2 aromatic rings. The number of H-pyrrole nitrogens is 1. The molecule has 0 atom stereocenters. The lowest BCUT2D eigenvalue weighted by molar-refractivity contribution is -0.384. The number of hydrogen-bond acceptors (Lipinski definition) is 5. The number of benzene rings is 1. The number of fused-ring (bicyclic) bond motifs is 1. The Labute approximate surface area is 126 Å². The minimum absolute atomic E-state index is 0.0421. The number of nitro groups is 1. The second kappa shape index (κ2) is 6.10. The minimum atomic E-state index is -0.515. The van der Waals surface area contributed by atoms with Crippen molar-refractivity contribution in [2.24, 2.45) is 5.41 Å². The van der Waals surface area contributed by atoms with Crippen LogP contribution in [-0.2, 0) is 0 Å². The number of nitrogens with one attached hydrogen (secondary N) is 2. The summed E-state index contributed by atoms with van der Waals surface area (Å²) in [5.74, 6) is -0.405. The molecule has 8 heteroatoms. The molecule has 1 aromatic heterocycles. The number of aromatic nitrogens is 2. The van der Waals surface area contributed by atoms with Crippen molar-refractivity contribution in [3.05, 3.63) is 34.0 Å². The number of aromatic amines is 1. The summed E-state index contributed by atoms with van der Waals surface area (Å²) in [5, 5.41) is 29.6. The number of rotatable bonds is 6. The Morgan fingerprint density at radius 3 is 2.86 bits per heavy atom. The van der Waals surface area contributed by atoms with Crippen LogP contribution in [0.15, 0.2) is 18.2 Å². The quantitative estimate of drug-likeness (QED) is 0.553. The van der Waals surface area contributed by atoms with Crippen LogP contribution in [0.4, 0.5) is 5.69 Å². The molecule has 0 radical (unpaired) electrons. The van der Waals surface area contributed by atoms with Gasteiger partial charge in [0.25, 0.3) is 11.6 Å². The highest BCUT2D eigenvalue weighted by atomic mass is 16.6. The van der Waals surface area contributed by atoms with Crippen molar-refractivity contribution in [1.29, 1.82) is 0 Å². The van der Waals surface area contributed by atoms with Crippen LogP contribution in [0.1, 0.15) is 30.8 Å². The fourth-order valence-corrected chi connectivity index (χ4v) is 2.08. The van der Waals surface area contributed by atoms with Crippen molar-refractivity contribution in [2.45, 2.75) is 20.3 Å². The van der Waals surface area contributed by atoms with Gasteiger partial charge in [0.15, 0.2) is 5.69 Å². The zero-order valence-corrected chi connectivity index (χ0v) is 12.4. The average molecular weight is 306 g/mol. The molecule has 1 amide bonds. The fourth-order valence-electron chi connectivity index (χ4n) is 2.08. The Bertz CT molecular complexity index is 708. The Hall–Kier alpha value is -2.48. The first-order chi connectivity index (χ1) is 10.3. The molecular weight excluding hydrogens is 288 g/mol. The van der Waals surface area contributed by atoms with Gasteiger partial charge in [-0.15, -0.1) is 0 Å². The predicted octanol–water partition coefficient (Wildman–Crippen LogP) is 1.61. The lowest BCUT2D eigenvalue weighted by atomic mass is 9.90. The largest absolute Gasteiger partial charge is 0.396 e. The summed E-state index contributed by atoms with van der Waals surface area (Å²) in [5.41, 5.74) is 0.343. The molecule has 0 saturated carbocycles. The van der Waals surface area contributed by atoms with Crippen LogP contribution in [0.2, 0.25) is 0 Å². The number of carbonyl (C=O) groups is 1. The first-order valence-corrected chi connectivity index (χ1v) is 6.86. The zero-order valence-electron chi connectivity index (χ0n) is 12.4. The van der Waals surface area contributed by atoms with Crippen molar-refractivity contribution in [1.82, 2.24) is 15.5 Å². The molecule has 1 aromatic carbocycles. The molecule has 0 aliphatic heterocycles. The number of amides is 1. The molecule has 0 bridgehead atoms. The summed E-state index contributed by atoms with van der Waals surface area (Å²) >= 11 is 0. The number of non-ortho nitro benzene ring substituents is 1. The van der Waals surface area contributed by atoms with E-state index < -0.39 is 10.8 Å². The van der Waals surface area contributed by atoms with Gasteiger partial charge in [0.05, 0.1) is 10.4 Å². The maximum absolute atomic E-state index is 12.2. The van der Waals surface area contributed by atoms with Crippen molar-refractivity contribution >= 4 is 22.5 Å². The summed E-state index contributed by atoms with van der Waals surface area (Å²) < 4.78 is 0. The third-order valence-electron chi connectivity index (χ3n) is 3.49. The van der Waals surface area contributed by atoms with E-state index in [1.165, 1.54) is 18.2 Å².